The van der Waals surface area contributed by atoms with E-state index in [1.54, 1.807) is 32.4 Å². The van der Waals surface area contributed by atoms with Crippen LogP contribution in [-0.2, 0) is 20.8 Å². The van der Waals surface area contributed by atoms with Gasteiger partial charge in [-0.15, -0.1) is 0 Å². The molecule has 0 saturated carbocycles. The fraction of sp³-hybridized carbons (Fsp3) is 0.280. The van der Waals surface area contributed by atoms with E-state index in [0.717, 1.165) is 22.6 Å². The van der Waals surface area contributed by atoms with E-state index in [0.29, 0.717) is 21.9 Å². The molecule has 8 nitrogen and oxygen atoms in total. The lowest BCUT2D eigenvalue weighted by Gasteiger charge is -2.20. The Kier molecular flexibility index (Phi) is 8.43. The summed E-state index contributed by atoms with van der Waals surface area (Å²) in [6, 6.07) is 11.2. The Hall–Kier alpha value is -2.35. The molecule has 0 amide bonds. The molecule has 0 radical (unpaired) electrons. The van der Waals surface area contributed by atoms with Gasteiger partial charge >= 0.3 is 0 Å². The van der Waals surface area contributed by atoms with Crippen molar-refractivity contribution in [2.24, 2.45) is 0 Å². The van der Waals surface area contributed by atoms with Gasteiger partial charge in [0.2, 0.25) is 16.0 Å². The van der Waals surface area contributed by atoms with Gasteiger partial charge in [0.15, 0.2) is 0 Å². The molecule has 0 aliphatic carbocycles. The maximum atomic E-state index is 12.4. The summed E-state index contributed by atoms with van der Waals surface area (Å²) < 4.78 is 42.4. The van der Waals surface area contributed by atoms with E-state index in [4.69, 9.17) is 4.98 Å². The number of hydrogen-bond donors (Lipinski definition) is 2. The first-order valence-corrected chi connectivity index (χ1v) is 16.8. The van der Waals surface area contributed by atoms with Crippen LogP contribution in [0.25, 0.3) is 22.3 Å². The number of nitrogens with zero attached hydrogens (tertiary/aromatic N) is 3. The summed E-state index contributed by atoms with van der Waals surface area (Å²) >= 11 is -0.605. The molecule has 0 bridgehead atoms. The van der Waals surface area contributed by atoms with Crippen molar-refractivity contribution in [3.05, 3.63) is 63.2 Å². The Morgan fingerprint density at radius 1 is 1.08 bits per heavy atom. The van der Waals surface area contributed by atoms with E-state index in [1.165, 1.54) is 3.58 Å². The third-order valence-electron chi connectivity index (χ3n) is 5.34. The van der Waals surface area contributed by atoms with Crippen LogP contribution >= 0.6 is 20.7 Å². The van der Waals surface area contributed by atoms with Crippen molar-refractivity contribution in [3.63, 3.8) is 0 Å². The van der Waals surface area contributed by atoms with E-state index in [9.17, 15) is 12.6 Å². The number of benzene rings is 1. The largest absolute Gasteiger partial charge is 0.347 e. The Balaban J connectivity index is 1.54. The fourth-order valence-corrected chi connectivity index (χ4v) is 8.86. The second kappa shape index (κ2) is 11.4. The Morgan fingerprint density at radius 2 is 1.89 bits per heavy atom. The van der Waals surface area contributed by atoms with E-state index in [1.807, 2.05) is 46.5 Å². The lowest BCUT2D eigenvalue weighted by Crippen LogP contribution is -2.31. The molecule has 2 N–H and O–H groups in total. The number of fused-ring (bicyclic) bond motifs is 1. The number of anilines is 1. The van der Waals surface area contributed by atoms with Crippen molar-refractivity contribution < 1.29 is 12.6 Å². The van der Waals surface area contributed by atoms with Crippen molar-refractivity contribution in [2.45, 2.75) is 44.2 Å². The Morgan fingerprint density at radius 3 is 2.56 bits per heavy atom. The molecular formula is C25H28IN5O3S2. The third kappa shape index (κ3) is 6.31. The minimum atomic E-state index is -3.48. The SMILES string of the molecule is CCC(Nc1ncc2nc(-c3cccc(S(C)=O)c3)ccc2n1)C1=CC=C(S(=O)(=O)NC(C)C)C=I1. The lowest BCUT2D eigenvalue weighted by molar-refractivity contribution is 0.578. The first-order valence-electron chi connectivity index (χ1n) is 11.4. The zero-order valence-corrected chi connectivity index (χ0v) is 24.2. The second-order valence-corrected chi connectivity index (χ2v) is 14.1. The highest BCUT2D eigenvalue weighted by atomic mass is 127. The van der Waals surface area contributed by atoms with Crippen LogP contribution in [0.2, 0.25) is 0 Å². The first kappa shape index (κ1) is 26.7. The predicted octanol–water partition coefficient (Wildman–Crippen LogP) is 4.50. The molecule has 36 heavy (non-hydrogen) atoms. The van der Waals surface area contributed by atoms with Gasteiger partial charge in [0.25, 0.3) is 0 Å². The molecule has 2 aromatic heterocycles. The summed E-state index contributed by atoms with van der Waals surface area (Å²) in [5, 5.41) is 3.40. The van der Waals surface area contributed by atoms with Crippen LogP contribution in [0.1, 0.15) is 27.2 Å². The maximum absolute atomic E-state index is 12.4. The number of pyridine rings is 1. The summed E-state index contributed by atoms with van der Waals surface area (Å²) in [6.45, 7) is 5.69. The van der Waals surface area contributed by atoms with Crippen molar-refractivity contribution in [1.29, 1.82) is 0 Å². The molecule has 0 saturated heterocycles. The van der Waals surface area contributed by atoms with Gasteiger partial charge in [-0.25, -0.2) is 28.1 Å². The van der Waals surface area contributed by atoms with Crippen molar-refractivity contribution in [1.82, 2.24) is 19.7 Å². The van der Waals surface area contributed by atoms with Gasteiger partial charge in [0.1, 0.15) is 5.52 Å². The number of rotatable bonds is 9. The average Bonchev–Trinajstić information content (AvgIpc) is 2.86. The molecule has 1 aromatic carbocycles. The van der Waals surface area contributed by atoms with Gasteiger partial charge in [-0.1, -0.05) is 39.8 Å². The Bertz CT molecular complexity index is 1520. The zero-order chi connectivity index (χ0) is 25.9. The number of hydrogen-bond acceptors (Lipinski definition) is 7. The van der Waals surface area contributed by atoms with Crippen LogP contribution < -0.4 is 10.0 Å². The van der Waals surface area contributed by atoms with Crippen molar-refractivity contribution in [2.75, 3.05) is 11.6 Å². The highest BCUT2D eigenvalue weighted by molar-refractivity contribution is 14.2. The third-order valence-corrected chi connectivity index (χ3v) is 11.1. The smallest absolute Gasteiger partial charge is 0.241 e. The summed E-state index contributed by atoms with van der Waals surface area (Å²) in [7, 11) is -4.54. The molecule has 3 aromatic rings. The van der Waals surface area contributed by atoms with Crippen LogP contribution in [0.5, 0.6) is 0 Å². The zero-order valence-electron chi connectivity index (χ0n) is 20.4. The van der Waals surface area contributed by atoms with Gasteiger partial charge in [0.05, 0.1) is 28.4 Å². The number of sulfonamides is 1. The van der Waals surface area contributed by atoms with Gasteiger partial charge in [-0.2, -0.15) is 0 Å². The molecule has 0 spiro atoms. The molecule has 4 rings (SSSR count). The molecule has 1 aliphatic rings. The van der Waals surface area contributed by atoms with E-state index >= 15 is 0 Å². The average molecular weight is 638 g/mol. The number of allylic oxidation sites excluding steroid dienone is 3. The highest BCUT2D eigenvalue weighted by Crippen LogP contribution is 2.29. The minimum absolute atomic E-state index is 0.00921. The van der Waals surface area contributed by atoms with Crippen LogP contribution in [0.4, 0.5) is 5.95 Å². The first-order chi connectivity index (χ1) is 17.2. The second-order valence-electron chi connectivity index (χ2n) is 8.50. The van der Waals surface area contributed by atoms with Gasteiger partial charge in [-0.05, 0) is 60.7 Å². The standard InChI is InChI=1S/C25H28IN5O3S2/c1-5-21(20-10-9-19(14-26-20)36(33,34)31-16(2)3)29-25-27-15-24-23(30-25)12-11-22(28-24)17-7-6-8-18(13-17)35(4)32/h6-16,21,31H,5H2,1-4H3,(H,27,29,30). The topological polar surface area (TPSA) is 114 Å². The normalized spacial score (nSPS) is 15.7. The minimum Gasteiger partial charge on any atom is -0.347 e. The van der Waals surface area contributed by atoms with E-state index < -0.39 is 41.6 Å². The molecule has 3 heterocycles. The Labute approximate surface area is 224 Å². The van der Waals surface area contributed by atoms with Gasteiger partial charge in [-0.3, -0.25) is 4.21 Å². The molecule has 0 fully saturated rings. The van der Waals surface area contributed by atoms with Crippen LogP contribution in [0, 0.1) is 0 Å². The van der Waals surface area contributed by atoms with Gasteiger partial charge in [0, 0.05) is 37.1 Å². The molecule has 190 valence electrons. The maximum Gasteiger partial charge on any atom is 0.241 e. The van der Waals surface area contributed by atoms with Crippen molar-refractivity contribution >= 4 is 62.5 Å². The summed E-state index contributed by atoms with van der Waals surface area (Å²) in [5.41, 5.74) is 3.04. The molecular weight excluding hydrogens is 609 g/mol. The summed E-state index contributed by atoms with van der Waals surface area (Å²) in [5.74, 6) is 0.501. The monoisotopic (exact) mass is 637 g/mol. The summed E-state index contributed by atoms with van der Waals surface area (Å²) in [4.78, 5) is 14.9. The van der Waals surface area contributed by atoms with E-state index in [-0.39, 0.29) is 12.1 Å². The predicted molar refractivity (Wildman–Crippen MR) is 156 cm³/mol. The van der Waals surface area contributed by atoms with Crippen molar-refractivity contribution in [3.8, 4) is 11.3 Å². The molecule has 1 aliphatic heterocycles. The number of nitrogens with one attached hydrogen (secondary N) is 2. The lowest BCUT2D eigenvalue weighted by atomic mass is 10.1. The summed E-state index contributed by atoms with van der Waals surface area (Å²) in [6.07, 6.45) is 7.75. The molecule has 2 unspecified atom stereocenters. The van der Waals surface area contributed by atoms with Crippen LogP contribution in [-0.4, -0.2) is 49.9 Å². The van der Waals surface area contributed by atoms with E-state index in [2.05, 4.69) is 26.9 Å². The van der Waals surface area contributed by atoms with Gasteiger partial charge < -0.3 is 5.32 Å². The highest BCUT2D eigenvalue weighted by Gasteiger charge is 2.20. The molecule has 2 atom stereocenters. The molecule has 11 heteroatoms. The van der Waals surface area contributed by atoms with Crippen LogP contribution in [0.15, 0.2) is 68.1 Å². The number of aromatic nitrogens is 3. The van der Waals surface area contributed by atoms with Crippen LogP contribution in [0.3, 0.4) is 0 Å². The number of halogens is 1. The fourth-order valence-electron chi connectivity index (χ4n) is 3.58. The quantitative estimate of drug-likeness (QED) is 0.332.